The third-order valence-corrected chi connectivity index (χ3v) is 4.48. The van der Waals surface area contributed by atoms with E-state index in [2.05, 4.69) is 10.2 Å². The van der Waals surface area contributed by atoms with Gasteiger partial charge < -0.3 is 10.1 Å². The number of ether oxygens (including phenoxy) is 1. The molecule has 2 aromatic rings. The van der Waals surface area contributed by atoms with Crippen LogP contribution in [-0.4, -0.2) is 33.0 Å². The van der Waals surface area contributed by atoms with Crippen LogP contribution in [0.4, 0.5) is 14.5 Å². The lowest BCUT2D eigenvalue weighted by molar-refractivity contribution is -0.158. The van der Waals surface area contributed by atoms with Gasteiger partial charge in [-0.1, -0.05) is 11.0 Å². The first kappa shape index (κ1) is 21.4. The molecule has 0 saturated carbocycles. The standard InChI is InChI=1S/C17H16F2N2O6S/c1-11(17(23)20-14-4-2-3-13(19)9-14)27-16(22)10-26-21-28(24,25)15-7-5-12(18)6-8-15/h2-9,11,21H,10H2,1H3,(H,20,23)/t11-/m0/s1. The highest BCUT2D eigenvalue weighted by Crippen LogP contribution is 2.11. The second-order valence-electron chi connectivity index (χ2n) is 5.46. The minimum Gasteiger partial charge on any atom is -0.451 e. The molecule has 0 aromatic heterocycles. The molecule has 2 aromatic carbocycles. The van der Waals surface area contributed by atoms with E-state index in [0.29, 0.717) is 0 Å². The Balaban J connectivity index is 1.79. The number of carbonyl (C=O) groups is 2. The summed E-state index contributed by atoms with van der Waals surface area (Å²) in [6.07, 6.45) is -1.24. The Bertz CT molecular complexity index is 950. The quantitative estimate of drug-likeness (QED) is 0.503. The molecule has 0 unspecified atom stereocenters. The van der Waals surface area contributed by atoms with Crippen molar-refractivity contribution in [2.24, 2.45) is 0 Å². The van der Waals surface area contributed by atoms with E-state index in [1.807, 2.05) is 0 Å². The van der Waals surface area contributed by atoms with Gasteiger partial charge >= 0.3 is 5.97 Å². The van der Waals surface area contributed by atoms with E-state index in [1.54, 1.807) is 4.89 Å². The monoisotopic (exact) mass is 414 g/mol. The van der Waals surface area contributed by atoms with Crippen molar-refractivity contribution in [3.8, 4) is 0 Å². The van der Waals surface area contributed by atoms with Gasteiger partial charge in [0.05, 0.1) is 4.90 Å². The molecule has 0 aliphatic carbocycles. The summed E-state index contributed by atoms with van der Waals surface area (Å²) in [5, 5.41) is 2.36. The van der Waals surface area contributed by atoms with Crippen LogP contribution in [0.1, 0.15) is 6.92 Å². The molecule has 0 aliphatic heterocycles. The number of hydrogen-bond acceptors (Lipinski definition) is 6. The first-order valence-corrected chi connectivity index (χ1v) is 9.31. The van der Waals surface area contributed by atoms with Crippen LogP contribution in [0.3, 0.4) is 0 Å². The zero-order valence-electron chi connectivity index (χ0n) is 14.5. The Morgan fingerprint density at radius 3 is 2.39 bits per heavy atom. The number of benzene rings is 2. The van der Waals surface area contributed by atoms with Gasteiger partial charge in [0, 0.05) is 5.69 Å². The highest BCUT2D eigenvalue weighted by Gasteiger charge is 2.20. The summed E-state index contributed by atoms with van der Waals surface area (Å²) >= 11 is 0. The molecular formula is C17H16F2N2O6S. The second kappa shape index (κ2) is 9.35. The van der Waals surface area contributed by atoms with Crippen molar-refractivity contribution >= 4 is 27.6 Å². The van der Waals surface area contributed by atoms with E-state index < -0.39 is 46.2 Å². The summed E-state index contributed by atoms with van der Waals surface area (Å²) in [6, 6.07) is 9.04. The maximum atomic E-state index is 13.1. The van der Waals surface area contributed by atoms with Crippen molar-refractivity contribution in [2.45, 2.75) is 17.9 Å². The van der Waals surface area contributed by atoms with Gasteiger partial charge in [0.1, 0.15) is 11.6 Å². The molecular weight excluding hydrogens is 398 g/mol. The van der Waals surface area contributed by atoms with Gasteiger partial charge in [-0.2, -0.15) is 0 Å². The van der Waals surface area contributed by atoms with E-state index in [-0.39, 0.29) is 10.6 Å². The normalized spacial score (nSPS) is 12.2. The zero-order valence-corrected chi connectivity index (χ0v) is 15.3. The fraction of sp³-hybridized carbons (Fsp3) is 0.176. The van der Waals surface area contributed by atoms with Gasteiger partial charge in [-0.3, -0.25) is 9.63 Å². The fourth-order valence-corrected chi connectivity index (χ4v) is 2.73. The molecule has 1 atom stereocenters. The average Bonchev–Trinajstić information content (AvgIpc) is 2.61. The van der Waals surface area contributed by atoms with Crippen LogP contribution < -0.4 is 10.2 Å². The molecule has 0 aliphatic rings. The minimum atomic E-state index is -4.12. The number of esters is 1. The summed E-state index contributed by atoms with van der Waals surface area (Å²) < 4.78 is 54.5. The maximum Gasteiger partial charge on any atom is 0.335 e. The first-order valence-electron chi connectivity index (χ1n) is 7.82. The van der Waals surface area contributed by atoms with Crippen molar-refractivity contribution in [3.05, 3.63) is 60.2 Å². The number of nitrogens with one attached hydrogen (secondary N) is 2. The number of halogens is 2. The van der Waals surface area contributed by atoms with Gasteiger partial charge in [-0.15, -0.1) is 0 Å². The third-order valence-electron chi connectivity index (χ3n) is 3.25. The van der Waals surface area contributed by atoms with Gasteiger partial charge in [-0.05, 0) is 49.4 Å². The Morgan fingerprint density at radius 1 is 1.07 bits per heavy atom. The minimum absolute atomic E-state index is 0.177. The summed E-state index contributed by atoms with van der Waals surface area (Å²) in [4.78, 5) is 29.6. The number of carbonyl (C=O) groups excluding carboxylic acids is 2. The van der Waals surface area contributed by atoms with Gasteiger partial charge in [0.2, 0.25) is 0 Å². The molecule has 11 heteroatoms. The molecule has 8 nitrogen and oxygen atoms in total. The number of hydrogen-bond donors (Lipinski definition) is 2. The van der Waals surface area contributed by atoms with Crippen molar-refractivity contribution in [1.29, 1.82) is 0 Å². The molecule has 0 saturated heterocycles. The highest BCUT2D eigenvalue weighted by atomic mass is 32.2. The van der Waals surface area contributed by atoms with Crippen LogP contribution in [-0.2, 0) is 29.2 Å². The number of amides is 1. The molecule has 0 heterocycles. The van der Waals surface area contributed by atoms with Crippen LogP contribution in [0.5, 0.6) is 0 Å². The number of rotatable bonds is 8. The Morgan fingerprint density at radius 2 is 1.75 bits per heavy atom. The maximum absolute atomic E-state index is 13.1. The average molecular weight is 414 g/mol. The van der Waals surface area contributed by atoms with E-state index >= 15 is 0 Å². The lowest BCUT2D eigenvalue weighted by Gasteiger charge is -2.13. The van der Waals surface area contributed by atoms with Crippen molar-refractivity contribution in [1.82, 2.24) is 4.89 Å². The Labute approximate surface area is 159 Å². The van der Waals surface area contributed by atoms with Gasteiger partial charge in [0.25, 0.3) is 15.9 Å². The SMILES string of the molecule is C[C@H](OC(=O)CONS(=O)(=O)c1ccc(F)cc1)C(=O)Nc1cccc(F)c1. The fourth-order valence-electron chi connectivity index (χ4n) is 1.92. The van der Waals surface area contributed by atoms with E-state index in [4.69, 9.17) is 4.74 Å². The molecule has 1 amide bonds. The van der Waals surface area contributed by atoms with Crippen molar-refractivity contribution < 1.29 is 36.4 Å². The molecule has 0 radical (unpaired) electrons. The number of sulfonamides is 1. The topological polar surface area (TPSA) is 111 Å². The second-order valence-corrected chi connectivity index (χ2v) is 7.11. The summed E-state index contributed by atoms with van der Waals surface area (Å²) in [7, 11) is -4.12. The predicted molar refractivity (Wildman–Crippen MR) is 93.3 cm³/mol. The molecule has 28 heavy (non-hydrogen) atoms. The highest BCUT2D eigenvalue weighted by molar-refractivity contribution is 7.89. The molecule has 2 N–H and O–H groups in total. The zero-order chi connectivity index (χ0) is 20.7. The largest absolute Gasteiger partial charge is 0.451 e. The van der Waals surface area contributed by atoms with E-state index in [0.717, 1.165) is 30.3 Å². The lowest BCUT2D eigenvalue weighted by Crippen LogP contribution is -2.33. The van der Waals surface area contributed by atoms with Crippen molar-refractivity contribution in [3.63, 3.8) is 0 Å². The summed E-state index contributed by atoms with van der Waals surface area (Å²) in [5.74, 6) is -2.91. The first-order chi connectivity index (χ1) is 13.2. The van der Waals surface area contributed by atoms with Crippen LogP contribution in [0.25, 0.3) is 0 Å². The van der Waals surface area contributed by atoms with Crippen molar-refractivity contribution in [2.75, 3.05) is 11.9 Å². The third kappa shape index (κ3) is 6.37. The van der Waals surface area contributed by atoms with Crippen LogP contribution in [0.15, 0.2) is 53.4 Å². The molecule has 0 spiro atoms. The Hall–Kier alpha value is -2.89. The summed E-state index contributed by atoms with van der Waals surface area (Å²) in [6.45, 7) is 0.452. The van der Waals surface area contributed by atoms with Crippen LogP contribution in [0.2, 0.25) is 0 Å². The van der Waals surface area contributed by atoms with Gasteiger partial charge in [0.15, 0.2) is 12.7 Å². The molecule has 0 fully saturated rings. The number of anilines is 1. The smallest absolute Gasteiger partial charge is 0.335 e. The Kier molecular flexibility index (Phi) is 7.15. The van der Waals surface area contributed by atoms with Crippen LogP contribution in [0, 0.1) is 11.6 Å². The predicted octanol–water partition coefficient (Wildman–Crippen LogP) is 1.75. The summed E-state index contributed by atoms with van der Waals surface area (Å²) in [5.41, 5.74) is 0.177. The van der Waals surface area contributed by atoms with Crippen LogP contribution >= 0.6 is 0 Å². The molecule has 2 rings (SSSR count). The van der Waals surface area contributed by atoms with E-state index in [1.165, 1.54) is 25.1 Å². The van der Waals surface area contributed by atoms with E-state index in [9.17, 15) is 26.8 Å². The molecule has 150 valence electrons. The molecule has 0 bridgehead atoms. The lowest BCUT2D eigenvalue weighted by atomic mass is 10.3. The van der Waals surface area contributed by atoms with Gasteiger partial charge in [-0.25, -0.2) is 22.0 Å².